The Morgan fingerprint density at radius 2 is 2.39 bits per heavy atom. The molecular formula is C14H21ClN2O. The summed E-state index contributed by atoms with van der Waals surface area (Å²) in [6, 6.07) is 5.87. The molecule has 4 heteroatoms. The van der Waals surface area contributed by atoms with E-state index in [2.05, 4.69) is 10.6 Å². The predicted octanol–water partition coefficient (Wildman–Crippen LogP) is 3.15. The van der Waals surface area contributed by atoms with Crippen LogP contribution in [0.25, 0.3) is 0 Å². The van der Waals surface area contributed by atoms with Crippen molar-refractivity contribution in [1.29, 1.82) is 0 Å². The van der Waals surface area contributed by atoms with Crippen LogP contribution in [0.15, 0.2) is 18.2 Å². The van der Waals surface area contributed by atoms with Crippen LogP contribution in [0, 0.1) is 5.92 Å². The van der Waals surface area contributed by atoms with E-state index in [1.165, 1.54) is 19.4 Å². The maximum atomic E-state index is 6.14. The minimum atomic E-state index is 0.640. The van der Waals surface area contributed by atoms with Crippen LogP contribution >= 0.6 is 11.6 Å². The van der Waals surface area contributed by atoms with Gasteiger partial charge in [0.15, 0.2) is 0 Å². The third-order valence-corrected chi connectivity index (χ3v) is 3.57. The van der Waals surface area contributed by atoms with Crippen molar-refractivity contribution in [3.63, 3.8) is 0 Å². The van der Waals surface area contributed by atoms with E-state index in [-0.39, 0.29) is 0 Å². The number of benzene rings is 1. The summed E-state index contributed by atoms with van der Waals surface area (Å²) in [6.07, 6.45) is 2.50. The zero-order valence-corrected chi connectivity index (χ0v) is 11.6. The van der Waals surface area contributed by atoms with Crippen LogP contribution < -0.4 is 15.4 Å². The molecule has 1 saturated heterocycles. The van der Waals surface area contributed by atoms with E-state index in [1.807, 2.05) is 25.1 Å². The second-order valence-electron chi connectivity index (χ2n) is 4.65. The van der Waals surface area contributed by atoms with Gasteiger partial charge in [-0.2, -0.15) is 0 Å². The minimum Gasteiger partial charge on any atom is -0.492 e. The van der Waals surface area contributed by atoms with Gasteiger partial charge in [-0.15, -0.1) is 0 Å². The molecule has 1 fully saturated rings. The summed E-state index contributed by atoms with van der Waals surface area (Å²) in [5.74, 6) is 1.57. The fraction of sp³-hybridized carbons (Fsp3) is 0.571. The molecule has 1 unspecified atom stereocenters. The van der Waals surface area contributed by atoms with Gasteiger partial charge in [-0.3, -0.25) is 0 Å². The van der Waals surface area contributed by atoms with E-state index in [9.17, 15) is 0 Å². The molecule has 1 aliphatic heterocycles. The lowest BCUT2D eigenvalue weighted by molar-refractivity contribution is 0.340. The lowest BCUT2D eigenvalue weighted by Crippen LogP contribution is -2.12. The maximum Gasteiger partial charge on any atom is 0.138 e. The molecule has 0 radical (unpaired) electrons. The van der Waals surface area contributed by atoms with Gasteiger partial charge in [-0.1, -0.05) is 11.6 Å². The molecule has 0 saturated carbocycles. The molecule has 0 amide bonds. The summed E-state index contributed by atoms with van der Waals surface area (Å²) in [5, 5.41) is 7.47. The van der Waals surface area contributed by atoms with Crippen molar-refractivity contribution in [3.8, 4) is 5.75 Å². The Bertz CT molecular complexity index is 378. The number of ether oxygens (including phenoxy) is 1. The summed E-state index contributed by atoms with van der Waals surface area (Å²) in [6.45, 7) is 5.92. The first-order valence-corrected chi connectivity index (χ1v) is 7.04. The highest BCUT2D eigenvalue weighted by atomic mass is 35.5. The van der Waals surface area contributed by atoms with Crippen molar-refractivity contribution in [2.45, 2.75) is 19.8 Å². The average Bonchev–Trinajstić information content (AvgIpc) is 2.86. The van der Waals surface area contributed by atoms with Crippen molar-refractivity contribution >= 4 is 17.3 Å². The molecule has 1 aliphatic rings. The monoisotopic (exact) mass is 268 g/mol. The van der Waals surface area contributed by atoms with Crippen LogP contribution in [0.2, 0.25) is 5.02 Å². The van der Waals surface area contributed by atoms with Gasteiger partial charge in [0.1, 0.15) is 5.75 Å². The summed E-state index contributed by atoms with van der Waals surface area (Å²) < 4.78 is 5.41. The first-order valence-electron chi connectivity index (χ1n) is 6.66. The number of hydrogen-bond acceptors (Lipinski definition) is 3. The molecule has 0 spiro atoms. The molecule has 0 aliphatic carbocycles. The first-order chi connectivity index (χ1) is 8.79. The quantitative estimate of drug-likeness (QED) is 0.832. The lowest BCUT2D eigenvalue weighted by Gasteiger charge is -2.12. The third kappa shape index (κ3) is 3.79. The van der Waals surface area contributed by atoms with E-state index >= 15 is 0 Å². The van der Waals surface area contributed by atoms with Gasteiger partial charge in [0.25, 0.3) is 0 Å². The second kappa shape index (κ2) is 6.86. The summed E-state index contributed by atoms with van der Waals surface area (Å²) >= 11 is 6.14. The zero-order chi connectivity index (χ0) is 12.8. The summed E-state index contributed by atoms with van der Waals surface area (Å²) in [7, 11) is 0. The van der Waals surface area contributed by atoms with Crippen LogP contribution in [0.3, 0.4) is 0 Å². The van der Waals surface area contributed by atoms with Gasteiger partial charge in [0.05, 0.1) is 11.6 Å². The molecule has 100 valence electrons. The third-order valence-electron chi connectivity index (χ3n) is 3.28. The second-order valence-corrected chi connectivity index (χ2v) is 5.06. The van der Waals surface area contributed by atoms with Crippen LogP contribution in [0.4, 0.5) is 5.69 Å². The van der Waals surface area contributed by atoms with Crippen LogP contribution in [-0.2, 0) is 0 Å². The molecule has 1 heterocycles. The largest absolute Gasteiger partial charge is 0.492 e. The molecule has 1 aromatic rings. The van der Waals surface area contributed by atoms with Crippen molar-refractivity contribution in [3.05, 3.63) is 23.2 Å². The summed E-state index contributed by atoms with van der Waals surface area (Å²) in [5.41, 5.74) is 1.06. The Morgan fingerprint density at radius 3 is 3.06 bits per heavy atom. The number of nitrogens with one attached hydrogen (secondary N) is 2. The van der Waals surface area contributed by atoms with Crippen LogP contribution in [0.5, 0.6) is 5.75 Å². The van der Waals surface area contributed by atoms with E-state index in [1.54, 1.807) is 0 Å². The maximum absolute atomic E-state index is 6.14. The Morgan fingerprint density at radius 1 is 1.50 bits per heavy atom. The van der Waals surface area contributed by atoms with Crippen LogP contribution in [-0.4, -0.2) is 26.2 Å². The molecule has 1 aromatic carbocycles. The van der Waals surface area contributed by atoms with Crippen molar-refractivity contribution in [2.24, 2.45) is 5.92 Å². The topological polar surface area (TPSA) is 33.3 Å². The average molecular weight is 269 g/mol. The zero-order valence-electron chi connectivity index (χ0n) is 10.8. The standard InChI is InChI=1S/C14H21ClN2O/c1-2-18-14-4-3-12(9-13(14)15)17-8-6-11-5-7-16-10-11/h3-4,9,11,16-17H,2,5-8,10H2,1H3. The van der Waals surface area contributed by atoms with E-state index in [0.29, 0.717) is 11.6 Å². The molecule has 2 N–H and O–H groups in total. The Balaban J connectivity index is 1.80. The number of hydrogen-bond donors (Lipinski definition) is 2. The SMILES string of the molecule is CCOc1ccc(NCCC2CCNC2)cc1Cl. The summed E-state index contributed by atoms with van der Waals surface area (Å²) in [4.78, 5) is 0. The van der Waals surface area contributed by atoms with E-state index in [4.69, 9.17) is 16.3 Å². The lowest BCUT2D eigenvalue weighted by atomic mass is 10.1. The van der Waals surface area contributed by atoms with Gasteiger partial charge < -0.3 is 15.4 Å². The Hall–Kier alpha value is -0.930. The predicted molar refractivity (Wildman–Crippen MR) is 76.7 cm³/mol. The normalized spacial score (nSPS) is 18.9. The first kappa shape index (κ1) is 13.5. The molecule has 0 bridgehead atoms. The van der Waals surface area contributed by atoms with Gasteiger partial charge in [0.2, 0.25) is 0 Å². The molecule has 3 nitrogen and oxygen atoms in total. The highest BCUT2D eigenvalue weighted by molar-refractivity contribution is 6.32. The molecule has 0 aromatic heterocycles. The molecular weight excluding hydrogens is 248 g/mol. The Labute approximate surface area is 114 Å². The van der Waals surface area contributed by atoms with Gasteiger partial charge in [-0.05, 0) is 57.0 Å². The number of anilines is 1. The minimum absolute atomic E-state index is 0.640. The fourth-order valence-corrected chi connectivity index (χ4v) is 2.50. The molecule has 1 atom stereocenters. The highest BCUT2D eigenvalue weighted by Gasteiger charge is 2.13. The van der Waals surface area contributed by atoms with Gasteiger partial charge in [0, 0.05) is 12.2 Å². The number of rotatable bonds is 6. The van der Waals surface area contributed by atoms with Gasteiger partial charge >= 0.3 is 0 Å². The fourth-order valence-electron chi connectivity index (χ4n) is 2.26. The van der Waals surface area contributed by atoms with E-state index in [0.717, 1.165) is 30.4 Å². The van der Waals surface area contributed by atoms with Crippen molar-refractivity contribution in [1.82, 2.24) is 5.32 Å². The van der Waals surface area contributed by atoms with E-state index < -0.39 is 0 Å². The van der Waals surface area contributed by atoms with Crippen molar-refractivity contribution in [2.75, 3.05) is 31.6 Å². The van der Waals surface area contributed by atoms with Crippen LogP contribution in [0.1, 0.15) is 19.8 Å². The van der Waals surface area contributed by atoms with Crippen molar-refractivity contribution < 1.29 is 4.74 Å². The van der Waals surface area contributed by atoms with Gasteiger partial charge in [-0.25, -0.2) is 0 Å². The number of halogens is 1. The molecule has 18 heavy (non-hydrogen) atoms. The molecule has 2 rings (SSSR count). The highest BCUT2D eigenvalue weighted by Crippen LogP contribution is 2.27. The Kier molecular flexibility index (Phi) is 5.14. The smallest absolute Gasteiger partial charge is 0.138 e.